The van der Waals surface area contributed by atoms with E-state index in [4.69, 9.17) is 0 Å². The molecule has 0 spiro atoms. The Labute approximate surface area is 74.9 Å². The van der Waals surface area contributed by atoms with Crippen molar-refractivity contribution in [1.29, 1.82) is 0 Å². The van der Waals surface area contributed by atoms with Crippen molar-refractivity contribution in [2.75, 3.05) is 0 Å². The second-order valence-electron chi connectivity index (χ2n) is 3.33. The fourth-order valence-corrected chi connectivity index (χ4v) is 1.67. The van der Waals surface area contributed by atoms with Gasteiger partial charge in [-0.2, -0.15) is 0 Å². The summed E-state index contributed by atoms with van der Waals surface area (Å²) in [6.07, 6.45) is 6.46. The number of allylic oxidation sites excluding steroid dienone is 4. The number of hydrogen-bond donors (Lipinski definition) is 1. The lowest BCUT2D eigenvalue weighted by molar-refractivity contribution is 0.686. The molecule has 0 saturated heterocycles. The topological polar surface area (TPSA) is 12.0 Å². The van der Waals surface area contributed by atoms with Crippen LogP contribution in [0, 0.1) is 0 Å². The van der Waals surface area contributed by atoms with E-state index in [2.05, 4.69) is 51.2 Å². The number of dihydropyridines is 1. The predicted octanol–water partition coefficient (Wildman–Crippen LogP) is 2.77. The monoisotopic (exact) mass is 163 g/mol. The fourth-order valence-electron chi connectivity index (χ4n) is 1.67. The molecule has 1 unspecified atom stereocenters. The molecule has 1 rings (SSSR count). The van der Waals surface area contributed by atoms with Crippen molar-refractivity contribution in [1.82, 2.24) is 5.32 Å². The quantitative estimate of drug-likeness (QED) is 0.626. The van der Waals surface area contributed by atoms with Crippen molar-refractivity contribution in [3.8, 4) is 0 Å². The molecule has 0 radical (unpaired) electrons. The molecule has 0 saturated carbocycles. The van der Waals surface area contributed by atoms with E-state index in [1.165, 1.54) is 16.8 Å². The summed E-state index contributed by atoms with van der Waals surface area (Å²) < 4.78 is 0. The van der Waals surface area contributed by atoms with Crippen LogP contribution in [0.3, 0.4) is 0 Å². The molecule has 1 heterocycles. The maximum Gasteiger partial charge on any atom is 0.0485 e. The van der Waals surface area contributed by atoms with Gasteiger partial charge in [0, 0.05) is 11.7 Å². The van der Waals surface area contributed by atoms with Crippen molar-refractivity contribution < 1.29 is 0 Å². The number of rotatable bonds is 1. The Morgan fingerprint density at radius 3 is 2.58 bits per heavy atom. The first-order valence-electron chi connectivity index (χ1n) is 4.43. The minimum Gasteiger partial charge on any atom is -0.382 e. The molecule has 0 amide bonds. The van der Waals surface area contributed by atoms with E-state index < -0.39 is 0 Å². The normalized spacial score (nSPS) is 24.3. The standard InChI is InChI=1S/C11H17N/c1-5-6-11-8(2)7-9(3)12-10(11)4/h5-7,10,12H,1-4H3/b6-5-. The SMILES string of the molecule is C/C=C\C1=C(C)C=C(C)NC1C. The van der Waals surface area contributed by atoms with Crippen LogP contribution in [-0.4, -0.2) is 6.04 Å². The second-order valence-corrected chi connectivity index (χ2v) is 3.33. The smallest absolute Gasteiger partial charge is 0.0485 e. The molecule has 66 valence electrons. The molecule has 0 aromatic rings. The highest BCUT2D eigenvalue weighted by molar-refractivity contribution is 5.40. The van der Waals surface area contributed by atoms with Crippen molar-refractivity contribution in [3.63, 3.8) is 0 Å². The number of hydrogen-bond acceptors (Lipinski definition) is 1. The largest absolute Gasteiger partial charge is 0.382 e. The van der Waals surface area contributed by atoms with Gasteiger partial charge in [0.15, 0.2) is 0 Å². The van der Waals surface area contributed by atoms with Crippen molar-refractivity contribution in [2.24, 2.45) is 0 Å². The molecule has 0 aliphatic carbocycles. The van der Waals surface area contributed by atoms with Crippen LogP contribution in [-0.2, 0) is 0 Å². The summed E-state index contributed by atoms with van der Waals surface area (Å²) in [4.78, 5) is 0. The summed E-state index contributed by atoms with van der Waals surface area (Å²) in [5.41, 5.74) is 4.02. The summed E-state index contributed by atoms with van der Waals surface area (Å²) in [5.74, 6) is 0. The molecule has 0 bridgehead atoms. The van der Waals surface area contributed by atoms with Crippen LogP contribution in [0.15, 0.2) is 35.1 Å². The van der Waals surface area contributed by atoms with Crippen molar-refractivity contribution in [2.45, 2.75) is 33.7 Å². The highest BCUT2D eigenvalue weighted by Crippen LogP contribution is 2.18. The van der Waals surface area contributed by atoms with Crippen LogP contribution in [0.2, 0.25) is 0 Å². The van der Waals surface area contributed by atoms with E-state index in [0.29, 0.717) is 6.04 Å². The molecule has 1 heteroatoms. The van der Waals surface area contributed by atoms with Gasteiger partial charge in [0.2, 0.25) is 0 Å². The lowest BCUT2D eigenvalue weighted by Crippen LogP contribution is -2.29. The van der Waals surface area contributed by atoms with E-state index in [1.807, 2.05) is 0 Å². The first-order valence-corrected chi connectivity index (χ1v) is 4.43. The third-order valence-electron chi connectivity index (χ3n) is 2.15. The summed E-state index contributed by atoms with van der Waals surface area (Å²) in [7, 11) is 0. The van der Waals surface area contributed by atoms with Gasteiger partial charge in [0.25, 0.3) is 0 Å². The summed E-state index contributed by atoms with van der Waals surface area (Å²) in [5, 5.41) is 3.40. The third-order valence-corrected chi connectivity index (χ3v) is 2.15. The molecule has 1 aliphatic rings. The Bertz CT molecular complexity index is 256. The van der Waals surface area contributed by atoms with E-state index in [0.717, 1.165) is 0 Å². The van der Waals surface area contributed by atoms with Gasteiger partial charge >= 0.3 is 0 Å². The van der Waals surface area contributed by atoms with Crippen LogP contribution in [0.5, 0.6) is 0 Å². The Morgan fingerprint density at radius 2 is 2.08 bits per heavy atom. The molecule has 0 aromatic heterocycles. The van der Waals surface area contributed by atoms with Crippen LogP contribution in [0.1, 0.15) is 27.7 Å². The zero-order chi connectivity index (χ0) is 9.14. The fraction of sp³-hybridized carbons (Fsp3) is 0.455. The van der Waals surface area contributed by atoms with Gasteiger partial charge in [-0.1, -0.05) is 12.2 Å². The molecule has 0 fully saturated rings. The average Bonchev–Trinajstić information content (AvgIpc) is 1.96. The minimum absolute atomic E-state index is 0.450. The van der Waals surface area contributed by atoms with Crippen molar-refractivity contribution >= 4 is 0 Å². The first kappa shape index (κ1) is 9.11. The maximum atomic E-state index is 3.40. The molecular weight excluding hydrogens is 146 g/mol. The third kappa shape index (κ3) is 1.79. The molecule has 1 aliphatic heterocycles. The van der Waals surface area contributed by atoms with Gasteiger partial charge in [-0.15, -0.1) is 0 Å². The second kappa shape index (κ2) is 3.61. The minimum atomic E-state index is 0.450. The molecule has 1 atom stereocenters. The van der Waals surface area contributed by atoms with Gasteiger partial charge in [-0.25, -0.2) is 0 Å². The van der Waals surface area contributed by atoms with E-state index in [9.17, 15) is 0 Å². The Morgan fingerprint density at radius 1 is 1.42 bits per heavy atom. The zero-order valence-corrected chi connectivity index (χ0v) is 8.31. The van der Waals surface area contributed by atoms with Crippen LogP contribution < -0.4 is 5.32 Å². The van der Waals surface area contributed by atoms with E-state index in [-0.39, 0.29) is 0 Å². The van der Waals surface area contributed by atoms with Gasteiger partial charge in [0.1, 0.15) is 0 Å². The maximum absolute atomic E-state index is 3.40. The lowest BCUT2D eigenvalue weighted by atomic mass is 9.98. The first-order chi connectivity index (χ1) is 5.65. The highest BCUT2D eigenvalue weighted by Gasteiger charge is 2.12. The van der Waals surface area contributed by atoms with E-state index >= 15 is 0 Å². The predicted molar refractivity (Wildman–Crippen MR) is 53.9 cm³/mol. The van der Waals surface area contributed by atoms with Crippen LogP contribution in [0.25, 0.3) is 0 Å². The Kier molecular flexibility index (Phi) is 2.74. The van der Waals surface area contributed by atoms with Crippen LogP contribution in [0.4, 0.5) is 0 Å². The van der Waals surface area contributed by atoms with Crippen LogP contribution >= 0.6 is 0 Å². The average molecular weight is 163 g/mol. The summed E-state index contributed by atoms with van der Waals surface area (Å²) in [6, 6.07) is 0.450. The molecule has 1 nitrogen and oxygen atoms in total. The van der Waals surface area contributed by atoms with Gasteiger partial charge < -0.3 is 5.32 Å². The Balaban J connectivity index is 2.99. The van der Waals surface area contributed by atoms with Crippen molar-refractivity contribution in [3.05, 3.63) is 35.1 Å². The van der Waals surface area contributed by atoms with Gasteiger partial charge in [-0.05, 0) is 44.9 Å². The highest BCUT2D eigenvalue weighted by atomic mass is 14.9. The molecule has 12 heavy (non-hydrogen) atoms. The molecule has 0 aromatic carbocycles. The lowest BCUT2D eigenvalue weighted by Gasteiger charge is -2.23. The zero-order valence-electron chi connectivity index (χ0n) is 8.31. The molecular formula is C11H17N. The summed E-state index contributed by atoms with van der Waals surface area (Å²) in [6.45, 7) is 8.51. The summed E-state index contributed by atoms with van der Waals surface area (Å²) >= 11 is 0. The van der Waals surface area contributed by atoms with Gasteiger partial charge in [-0.3, -0.25) is 0 Å². The molecule has 1 N–H and O–H groups in total. The number of nitrogens with one attached hydrogen (secondary N) is 1. The van der Waals surface area contributed by atoms with Gasteiger partial charge in [0.05, 0.1) is 0 Å². The Hall–Kier alpha value is -0.980. The van der Waals surface area contributed by atoms with E-state index in [1.54, 1.807) is 0 Å².